The van der Waals surface area contributed by atoms with Crippen LogP contribution < -0.4 is 10.6 Å². The van der Waals surface area contributed by atoms with Crippen LogP contribution in [0.25, 0.3) is 0 Å². The number of carbonyl (C=O) groups is 2. The molecule has 0 unspecified atom stereocenters. The predicted octanol–water partition coefficient (Wildman–Crippen LogP) is 0.667. The monoisotopic (exact) mass is 280 g/mol. The van der Waals surface area contributed by atoms with Gasteiger partial charge >= 0.3 is 5.97 Å². The standard InChI is InChI=1S/C13H20N4O3/c1-4-17(5-2)11(18)8-16(3)12-10(13(19)20)6-9(14)7-15-12/h6-7H,4-5,8,14H2,1-3H3,(H,19,20). The number of carboxylic acid groups (broad SMARTS) is 1. The SMILES string of the molecule is CCN(CC)C(=O)CN(C)c1ncc(N)cc1C(=O)O. The second-order valence-electron chi connectivity index (χ2n) is 4.37. The molecule has 7 heteroatoms. The molecule has 7 nitrogen and oxygen atoms in total. The highest BCUT2D eigenvalue weighted by Crippen LogP contribution is 2.19. The minimum absolute atomic E-state index is 0.0140. The minimum Gasteiger partial charge on any atom is -0.478 e. The van der Waals surface area contributed by atoms with Crippen LogP contribution in [0.5, 0.6) is 0 Å². The number of aromatic nitrogens is 1. The van der Waals surface area contributed by atoms with E-state index in [2.05, 4.69) is 4.98 Å². The number of amides is 1. The molecule has 1 amide bonds. The highest BCUT2D eigenvalue weighted by molar-refractivity contribution is 5.95. The van der Waals surface area contributed by atoms with Crippen LogP contribution in [-0.4, -0.2) is 53.5 Å². The first-order chi connectivity index (χ1) is 9.40. The number of nitrogens with zero attached hydrogens (tertiary/aromatic N) is 3. The first-order valence-electron chi connectivity index (χ1n) is 6.38. The number of hydrogen-bond acceptors (Lipinski definition) is 5. The largest absolute Gasteiger partial charge is 0.478 e. The fraction of sp³-hybridized carbons (Fsp3) is 0.462. The van der Waals surface area contributed by atoms with E-state index in [0.29, 0.717) is 13.1 Å². The Bertz CT molecular complexity index is 500. The number of anilines is 2. The summed E-state index contributed by atoms with van der Waals surface area (Å²) < 4.78 is 0. The maximum atomic E-state index is 12.0. The number of hydrogen-bond donors (Lipinski definition) is 2. The molecule has 0 atom stereocenters. The van der Waals surface area contributed by atoms with E-state index < -0.39 is 5.97 Å². The average molecular weight is 280 g/mol. The molecule has 0 aliphatic heterocycles. The molecule has 0 radical (unpaired) electrons. The van der Waals surface area contributed by atoms with Gasteiger partial charge in [0.25, 0.3) is 0 Å². The first-order valence-corrected chi connectivity index (χ1v) is 6.38. The average Bonchev–Trinajstić information content (AvgIpc) is 2.39. The Morgan fingerprint density at radius 2 is 1.95 bits per heavy atom. The fourth-order valence-electron chi connectivity index (χ4n) is 1.89. The molecule has 1 aromatic heterocycles. The molecule has 0 bridgehead atoms. The molecule has 20 heavy (non-hydrogen) atoms. The Morgan fingerprint density at radius 1 is 1.35 bits per heavy atom. The van der Waals surface area contributed by atoms with Crippen LogP contribution in [0, 0.1) is 0 Å². The molecule has 0 aliphatic rings. The third kappa shape index (κ3) is 3.59. The van der Waals surface area contributed by atoms with Crippen LogP contribution in [-0.2, 0) is 4.79 Å². The Kier molecular flexibility index (Phi) is 5.31. The van der Waals surface area contributed by atoms with Crippen molar-refractivity contribution in [2.75, 3.05) is 37.3 Å². The lowest BCUT2D eigenvalue weighted by atomic mass is 10.2. The number of aromatic carboxylic acids is 1. The third-order valence-electron chi connectivity index (χ3n) is 2.97. The molecular formula is C13H20N4O3. The van der Waals surface area contributed by atoms with Crippen molar-refractivity contribution in [1.82, 2.24) is 9.88 Å². The molecular weight excluding hydrogens is 260 g/mol. The Balaban J connectivity index is 2.95. The molecule has 0 saturated carbocycles. The molecule has 0 aromatic carbocycles. The summed E-state index contributed by atoms with van der Waals surface area (Å²) in [6.07, 6.45) is 1.38. The van der Waals surface area contributed by atoms with Gasteiger partial charge in [-0.15, -0.1) is 0 Å². The molecule has 1 rings (SSSR count). The number of pyridine rings is 1. The molecule has 0 fully saturated rings. The van der Waals surface area contributed by atoms with Gasteiger partial charge in [0, 0.05) is 20.1 Å². The zero-order valence-electron chi connectivity index (χ0n) is 12.0. The van der Waals surface area contributed by atoms with Crippen molar-refractivity contribution < 1.29 is 14.7 Å². The van der Waals surface area contributed by atoms with E-state index in [1.54, 1.807) is 11.9 Å². The Morgan fingerprint density at radius 3 is 2.45 bits per heavy atom. The van der Waals surface area contributed by atoms with E-state index in [1.165, 1.54) is 17.2 Å². The third-order valence-corrected chi connectivity index (χ3v) is 2.97. The van der Waals surface area contributed by atoms with Gasteiger partial charge in [-0.1, -0.05) is 0 Å². The van der Waals surface area contributed by atoms with E-state index in [0.717, 1.165) is 0 Å². The maximum absolute atomic E-state index is 12.0. The van der Waals surface area contributed by atoms with Crippen molar-refractivity contribution in [2.45, 2.75) is 13.8 Å². The molecule has 3 N–H and O–H groups in total. The van der Waals surface area contributed by atoms with Gasteiger partial charge in [-0.2, -0.15) is 0 Å². The summed E-state index contributed by atoms with van der Waals surface area (Å²) >= 11 is 0. The second kappa shape index (κ2) is 6.74. The van der Waals surface area contributed by atoms with E-state index >= 15 is 0 Å². The van der Waals surface area contributed by atoms with Crippen molar-refractivity contribution in [3.05, 3.63) is 17.8 Å². The smallest absolute Gasteiger partial charge is 0.339 e. The topological polar surface area (TPSA) is 99.8 Å². The van der Waals surface area contributed by atoms with E-state index in [-0.39, 0.29) is 29.5 Å². The van der Waals surface area contributed by atoms with Crippen LogP contribution in [0.1, 0.15) is 24.2 Å². The zero-order chi connectivity index (χ0) is 15.3. The molecule has 1 aromatic rings. The van der Waals surface area contributed by atoms with Crippen LogP contribution >= 0.6 is 0 Å². The summed E-state index contributed by atoms with van der Waals surface area (Å²) in [6.45, 7) is 5.09. The van der Waals surface area contributed by atoms with Gasteiger partial charge in [0.2, 0.25) is 5.91 Å². The van der Waals surface area contributed by atoms with Crippen molar-refractivity contribution in [3.8, 4) is 0 Å². The number of nitrogens with two attached hydrogens (primary N) is 1. The normalized spacial score (nSPS) is 10.2. The number of likely N-dealkylation sites (N-methyl/N-ethyl adjacent to an activating group) is 2. The summed E-state index contributed by atoms with van der Waals surface area (Å²) in [7, 11) is 1.63. The van der Waals surface area contributed by atoms with Gasteiger partial charge in [0.05, 0.1) is 18.4 Å². The van der Waals surface area contributed by atoms with E-state index in [4.69, 9.17) is 10.8 Å². The van der Waals surface area contributed by atoms with Crippen molar-refractivity contribution in [1.29, 1.82) is 0 Å². The Hall–Kier alpha value is -2.31. The van der Waals surface area contributed by atoms with Crippen LogP contribution in [0.4, 0.5) is 11.5 Å². The van der Waals surface area contributed by atoms with Gasteiger partial charge in [0.15, 0.2) is 0 Å². The maximum Gasteiger partial charge on any atom is 0.339 e. The summed E-state index contributed by atoms with van der Waals surface area (Å²) in [5.41, 5.74) is 5.80. The van der Waals surface area contributed by atoms with Gasteiger partial charge in [-0.25, -0.2) is 9.78 Å². The summed E-state index contributed by atoms with van der Waals surface area (Å²) in [6, 6.07) is 1.34. The quantitative estimate of drug-likeness (QED) is 0.794. The molecule has 1 heterocycles. The van der Waals surface area contributed by atoms with Crippen LogP contribution in [0.2, 0.25) is 0 Å². The molecule has 0 aliphatic carbocycles. The van der Waals surface area contributed by atoms with E-state index in [9.17, 15) is 9.59 Å². The predicted molar refractivity (Wildman–Crippen MR) is 76.8 cm³/mol. The number of carbonyl (C=O) groups excluding carboxylic acids is 1. The summed E-state index contributed by atoms with van der Waals surface area (Å²) in [5, 5.41) is 9.16. The Labute approximate surface area is 118 Å². The summed E-state index contributed by atoms with van der Waals surface area (Å²) in [4.78, 5) is 30.4. The first kappa shape index (κ1) is 15.7. The van der Waals surface area contributed by atoms with Crippen molar-refractivity contribution >= 4 is 23.4 Å². The van der Waals surface area contributed by atoms with Crippen molar-refractivity contribution in [2.24, 2.45) is 0 Å². The van der Waals surface area contributed by atoms with Crippen LogP contribution in [0.15, 0.2) is 12.3 Å². The minimum atomic E-state index is -1.12. The lowest BCUT2D eigenvalue weighted by Gasteiger charge is -2.24. The zero-order valence-corrected chi connectivity index (χ0v) is 12.0. The lowest BCUT2D eigenvalue weighted by molar-refractivity contribution is -0.129. The van der Waals surface area contributed by atoms with Crippen molar-refractivity contribution in [3.63, 3.8) is 0 Å². The van der Waals surface area contributed by atoms with Crippen LogP contribution in [0.3, 0.4) is 0 Å². The lowest BCUT2D eigenvalue weighted by Crippen LogP contribution is -2.39. The van der Waals surface area contributed by atoms with Gasteiger partial charge in [0.1, 0.15) is 11.4 Å². The van der Waals surface area contributed by atoms with Gasteiger partial charge < -0.3 is 20.6 Å². The molecule has 0 spiro atoms. The highest BCUT2D eigenvalue weighted by atomic mass is 16.4. The van der Waals surface area contributed by atoms with E-state index in [1.807, 2.05) is 13.8 Å². The summed E-state index contributed by atoms with van der Waals surface area (Å²) in [5.74, 6) is -0.971. The second-order valence-corrected chi connectivity index (χ2v) is 4.37. The molecule has 110 valence electrons. The highest BCUT2D eigenvalue weighted by Gasteiger charge is 2.19. The number of nitrogen functional groups attached to an aromatic ring is 1. The number of carboxylic acids is 1. The van der Waals surface area contributed by atoms with Gasteiger partial charge in [-0.3, -0.25) is 4.79 Å². The number of rotatable bonds is 6. The fourth-order valence-corrected chi connectivity index (χ4v) is 1.89. The van der Waals surface area contributed by atoms with Gasteiger partial charge in [-0.05, 0) is 19.9 Å². The molecule has 0 saturated heterocycles.